The van der Waals surface area contributed by atoms with Crippen LogP contribution in [0.2, 0.25) is 0 Å². The van der Waals surface area contributed by atoms with Crippen LogP contribution in [0, 0.1) is 0 Å². The van der Waals surface area contributed by atoms with Gasteiger partial charge in [-0.05, 0) is 17.2 Å². The molecule has 3 rings (SSSR count). The Kier molecular flexibility index (Phi) is 13.8. The molecule has 1 heterocycles. The Morgan fingerprint density at radius 2 is 1.44 bits per heavy atom. The molecule has 0 bridgehead atoms. The van der Waals surface area contributed by atoms with E-state index in [1.54, 1.807) is 28.9 Å². The summed E-state index contributed by atoms with van der Waals surface area (Å²) in [5.74, 6) is 1.89. The number of urea groups is 1. The Hall–Kier alpha value is -3.82. The molecule has 2 aromatic carbocycles. The predicted octanol–water partition coefficient (Wildman–Crippen LogP) is 6.85. The van der Waals surface area contributed by atoms with Crippen LogP contribution >= 0.6 is 0 Å². The molecule has 2 amide bonds. The lowest BCUT2D eigenvalue weighted by Gasteiger charge is -2.23. The number of rotatable bonds is 19. The van der Waals surface area contributed by atoms with E-state index in [4.69, 9.17) is 14.2 Å². The van der Waals surface area contributed by atoms with Crippen LogP contribution in [-0.4, -0.2) is 52.5 Å². The fourth-order valence-electron chi connectivity index (χ4n) is 4.66. The molecule has 0 spiro atoms. The Morgan fingerprint density at radius 3 is 2.02 bits per heavy atom. The lowest BCUT2D eigenvalue weighted by molar-refractivity contribution is 0.204. The van der Waals surface area contributed by atoms with Gasteiger partial charge in [-0.25, -0.2) is 4.79 Å². The number of hydrogen-bond acceptors (Lipinski definition) is 7. The first kappa shape index (κ1) is 31.7. The van der Waals surface area contributed by atoms with E-state index in [-0.39, 0.29) is 12.6 Å². The van der Waals surface area contributed by atoms with Crippen LogP contribution < -0.4 is 19.5 Å². The van der Waals surface area contributed by atoms with Crippen molar-refractivity contribution in [3.05, 3.63) is 53.9 Å². The summed E-state index contributed by atoms with van der Waals surface area (Å²) in [6.07, 6.45) is 12.7. The number of methoxy groups -OCH3 is 3. The molecular formula is C31H46N6O4. The summed E-state index contributed by atoms with van der Waals surface area (Å²) in [5, 5.41) is 16.0. The minimum absolute atomic E-state index is 0.194. The molecule has 3 aromatic rings. The van der Waals surface area contributed by atoms with E-state index in [2.05, 4.69) is 27.7 Å². The molecule has 0 aliphatic carbocycles. The van der Waals surface area contributed by atoms with E-state index in [1.807, 2.05) is 30.3 Å². The third-order valence-corrected chi connectivity index (χ3v) is 6.99. The van der Waals surface area contributed by atoms with E-state index in [9.17, 15) is 4.79 Å². The molecule has 0 radical (unpaired) electrons. The zero-order valence-corrected chi connectivity index (χ0v) is 25.1. The number of hydrogen-bond donors (Lipinski definition) is 1. The van der Waals surface area contributed by atoms with E-state index in [1.165, 1.54) is 65.6 Å². The van der Waals surface area contributed by atoms with E-state index < -0.39 is 0 Å². The topological polar surface area (TPSA) is 104 Å². The van der Waals surface area contributed by atoms with Crippen LogP contribution in [0.1, 0.15) is 82.5 Å². The number of nitrogens with one attached hydrogen (secondary N) is 1. The number of carbonyl (C=O) groups is 1. The van der Waals surface area contributed by atoms with Gasteiger partial charge in [-0.15, -0.1) is 10.2 Å². The number of benzene rings is 2. The maximum Gasteiger partial charge on any atom is 0.322 e. The van der Waals surface area contributed by atoms with E-state index in [0.717, 1.165) is 18.4 Å². The molecule has 0 aliphatic heterocycles. The highest BCUT2D eigenvalue weighted by atomic mass is 16.5. The minimum atomic E-state index is -0.346. The number of amides is 2. The molecule has 1 aromatic heterocycles. The summed E-state index contributed by atoms with van der Waals surface area (Å²) < 4.78 is 16.3. The highest BCUT2D eigenvalue weighted by Gasteiger charge is 2.22. The van der Waals surface area contributed by atoms with Gasteiger partial charge in [0.2, 0.25) is 0 Å². The van der Waals surface area contributed by atoms with Gasteiger partial charge in [0.15, 0.2) is 5.82 Å². The second-order valence-electron chi connectivity index (χ2n) is 10.2. The van der Waals surface area contributed by atoms with Crippen LogP contribution in [0.4, 0.5) is 10.5 Å². The summed E-state index contributed by atoms with van der Waals surface area (Å²) in [5.41, 5.74) is 1.39. The van der Waals surface area contributed by atoms with Crippen LogP contribution in [0.5, 0.6) is 17.2 Å². The summed E-state index contributed by atoms with van der Waals surface area (Å²) in [4.78, 5) is 16.9. The smallest absolute Gasteiger partial charge is 0.322 e. The molecular weight excluding hydrogens is 520 g/mol. The van der Waals surface area contributed by atoms with Gasteiger partial charge in [0, 0.05) is 18.7 Å². The van der Waals surface area contributed by atoms with Gasteiger partial charge in [-0.1, -0.05) is 95.0 Å². The van der Waals surface area contributed by atoms with Crippen LogP contribution in [0.25, 0.3) is 0 Å². The number of tetrazole rings is 1. The van der Waals surface area contributed by atoms with Gasteiger partial charge >= 0.3 is 6.03 Å². The summed E-state index contributed by atoms with van der Waals surface area (Å²) in [6, 6.07) is 12.8. The van der Waals surface area contributed by atoms with E-state index >= 15 is 0 Å². The normalized spacial score (nSPS) is 10.8. The summed E-state index contributed by atoms with van der Waals surface area (Å²) in [7, 11) is 4.62. The van der Waals surface area contributed by atoms with Crippen molar-refractivity contribution < 1.29 is 19.0 Å². The summed E-state index contributed by atoms with van der Waals surface area (Å²) >= 11 is 0. The average molecular weight is 567 g/mol. The molecule has 41 heavy (non-hydrogen) atoms. The van der Waals surface area contributed by atoms with Crippen molar-refractivity contribution in [2.75, 3.05) is 26.6 Å². The number of aromatic nitrogens is 4. The van der Waals surface area contributed by atoms with Crippen molar-refractivity contribution in [1.82, 2.24) is 25.1 Å². The maximum absolute atomic E-state index is 13.6. The van der Waals surface area contributed by atoms with Crippen molar-refractivity contribution in [2.24, 2.45) is 0 Å². The van der Waals surface area contributed by atoms with Gasteiger partial charge in [0.05, 0.1) is 34.4 Å². The van der Waals surface area contributed by atoms with Gasteiger partial charge in [-0.3, -0.25) is 0 Å². The maximum atomic E-state index is 13.6. The van der Waals surface area contributed by atoms with Crippen molar-refractivity contribution >= 4 is 11.7 Å². The molecule has 0 atom stereocenters. The minimum Gasteiger partial charge on any atom is -0.496 e. The van der Waals surface area contributed by atoms with Crippen molar-refractivity contribution in [3.8, 4) is 17.2 Å². The molecule has 0 saturated heterocycles. The fraction of sp³-hybridized carbons (Fsp3) is 0.548. The standard InChI is InChI=1S/C31H46N6O4/c1-5-6-7-8-9-10-11-12-13-17-20-37-34-29(33-35-37)24-36(23-25-18-15-14-16-19-25)31(38)32-30-27(40-3)21-26(39-2)22-28(30)41-4/h14-16,18-19,21-22H,5-13,17,20,23-24H2,1-4H3,(H,32,38). The summed E-state index contributed by atoms with van der Waals surface area (Å²) in [6.45, 7) is 3.53. The molecule has 10 heteroatoms. The third kappa shape index (κ3) is 10.6. The molecule has 0 aliphatic rings. The van der Waals surface area contributed by atoms with Crippen molar-refractivity contribution in [1.29, 1.82) is 0 Å². The number of nitrogens with zero attached hydrogens (tertiary/aromatic N) is 5. The number of anilines is 1. The fourth-order valence-corrected chi connectivity index (χ4v) is 4.66. The first-order chi connectivity index (χ1) is 20.1. The average Bonchev–Trinajstić information content (AvgIpc) is 3.45. The lowest BCUT2D eigenvalue weighted by atomic mass is 10.1. The third-order valence-electron chi connectivity index (χ3n) is 6.99. The molecule has 224 valence electrons. The number of ether oxygens (including phenoxy) is 3. The van der Waals surface area contributed by atoms with Crippen LogP contribution in [0.15, 0.2) is 42.5 Å². The Bertz CT molecular complexity index is 1150. The second kappa shape index (κ2) is 17.8. The van der Waals surface area contributed by atoms with Gasteiger partial charge in [0.1, 0.15) is 22.9 Å². The van der Waals surface area contributed by atoms with Crippen molar-refractivity contribution in [3.63, 3.8) is 0 Å². The van der Waals surface area contributed by atoms with Gasteiger partial charge in [-0.2, -0.15) is 4.80 Å². The molecule has 0 unspecified atom stereocenters. The molecule has 0 saturated carbocycles. The van der Waals surface area contributed by atoms with Gasteiger partial charge in [0.25, 0.3) is 0 Å². The zero-order chi connectivity index (χ0) is 29.3. The molecule has 1 N–H and O–H groups in total. The number of unbranched alkanes of at least 4 members (excludes halogenated alkanes) is 9. The highest BCUT2D eigenvalue weighted by Crippen LogP contribution is 2.39. The highest BCUT2D eigenvalue weighted by molar-refractivity contribution is 5.93. The molecule has 10 nitrogen and oxygen atoms in total. The Labute approximate surface area is 244 Å². The quantitative estimate of drug-likeness (QED) is 0.158. The number of carbonyl (C=O) groups excluding carboxylic acids is 1. The zero-order valence-electron chi connectivity index (χ0n) is 25.1. The van der Waals surface area contributed by atoms with Crippen molar-refractivity contribution in [2.45, 2.75) is 90.8 Å². The predicted molar refractivity (Wildman–Crippen MR) is 160 cm³/mol. The van der Waals surface area contributed by atoms with E-state index in [0.29, 0.717) is 41.8 Å². The Balaban J connectivity index is 1.59. The first-order valence-corrected chi connectivity index (χ1v) is 14.7. The lowest BCUT2D eigenvalue weighted by Crippen LogP contribution is -2.34. The van der Waals surface area contributed by atoms with Gasteiger partial charge < -0.3 is 24.4 Å². The SMILES string of the molecule is CCCCCCCCCCCCn1nnc(CN(Cc2ccccc2)C(=O)Nc2c(OC)cc(OC)cc2OC)n1. The van der Waals surface area contributed by atoms with Crippen LogP contribution in [0.3, 0.4) is 0 Å². The monoisotopic (exact) mass is 566 g/mol. The van der Waals surface area contributed by atoms with Crippen LogP contribution in [-0.2, 0) is 19.6 Å². The molecule has 0 fully saturated rings. The Morgan fingerprint density at radius 1 is 0.829 bits per heavy atom. The largest absolute Gasteiger partial charge is 0.496 e. The number of aryl methyl sites for hydroxylation is 1. The second-order valence-corrected chi connectivity index (χ2v) is 10.2. The first-order valence-electron chi connectivity index (χ1n) is 14.7.